The van der Waals surface area contributed by atoms with Crippen molar-refractivity contribution in [3.63, 3.8) is 0 Å². The minimum absolute atomic E-state index is 0.651. The van der Waals surface area contributed by atoms with Gasteiger partial charge in [0.1, 0.15) is 0 Å². The molecule has 0 spiro atoms. The van der Waals surface area contributed by atoms with Crippen LogP contribution in [0.25, 0.3) is 0 Å². The fraction of sp³-hybridized carbons (Fsp3) is 0.800. The maximum atomic E-state index is 5.48. The average molecular weight is 161 g/mol. The number of alkyl halides is 1. The first kappa shape index (κ1) is 7.47. The first-order valence-corrected chi connectivity index (χ1v) is 3.65. The number of halogens is 1. The second-order valence-electron chi connectivity index (χ2n) is 1.99. The van der Waals surface area contributed by atoms with E-state index < -0.39 is 0 Å². The quantitative estimate of drug-likeness (QED) is 0.601. The molecule has 1 aromatic rings. The molecule has 0 radical (unpaired) electrons. The molecule has 1 aromatic heterocycles. The highest BCUT2D eigenvalue weighted by Gasteiger charge is 1.97. The van der Waals surface area contributed by atoms with Gasteiger partial charge in [-0.25, -0.2) is 0 Å². The Hall–Kier alpha value is -0.640. The van der Waals surface area contributed by atoms with Gasteiger partial charge in [0.05, 0.1) is 7.05 Å². The second-order valence-corrected chi connectivity index (χ2v) is 2.37. The maximum absolute atomic E-state index is 5.48. The summed E-state index contributed by atoms with van der Waals surface area (Å²) < 4.78 is 0. The van der Waals surface area contributed by atoms with Crippen molar-refractivity contribution in [3.8, 4) is 0 Å². The van der Waals surface area contributed by atoms with Crippen molar-refractivity contribution in [2.45, 2.75) is 12.8 Å². The van der Waals surface area contributed by atoms with Crippen molar-refractivity contribution < 1.29 is 0 Å². The van der Waals surface area contributed by atoms with Gasteiger partial charge in [0.25, 0.3) is 0 Å². The van der Waals surface area contributed by atoms with E-state index in [2.05, 4.69) is 15.4 Å². The van der Waals surface area contributed by atoms with Gasteiger partial charge in [0.15, 0.2) is 5.82 Å². The fourth-order valence-corrected chi connectivity index (χ4v) is 0.782. The molecule has 0 amide bonds. The third-order valence-corrected chi connectivity index (χ3v) is 1.35. The van der Waals surface area contributed by atoms with Crippen molar-refractivity contribution in [3.05, 3.63) is 5.82 Å². The highest BCUT2D eigenvalue weighted by Crippen LogP contribution is 1.93. The monoisotopic (exact) mass is 160 g/mol. The Labute approximate surface area is 64.2 Å². The molecule has 56 valence electrons. The van der Waals surface area contributed by atoms with Crippen LogP contribution in [-0.4, -0.2) is 26.1 Å². The van der Waals surface area contributed by atoms with Crippen molar-refractivity contribution >= 4 is 11.6 Å². The van der Waals surface area contributed by atoms with Crippen LogP contribution in [0.2, 0.25) is 0 Å². The molecule has 4 nitrogen and oxygen atoms in total. The summed E-state index contributed by atoms with van der Waals surface area (Å²) in [6.45, 7) is 0. The molecular weight excluding hydrogens is 152 g/mol. The lowest BCUT2D eigenvalue weighted by Crippen LogP contribution is -1.93. The zero-order valence-electron chi connectivity index (χ0n) is 5.79. The standard InChI is InChI=1S/C5H9ClN4/c1-10-8-5(7-9-10)3-2-4-6/h2-4H2,1H3. The van der Waals surface area contributed by atoms with Crippen LogP contribution >= 0.6 is 11.6 Å². The van der Waals surface area contributed by atoms with Crippen LogP contribution < -0.4 is 0 Å². The van der Waals surface area contributed by atoms with Crippen molar-refractivity contribution in [1.82, 2.24) is 20.2 Å². The van der Waals surface area contributed by atoms with Gasteiger partial charge in [-0.1, -0.05) is 0 Å². The van der Waals surface area contributed by atoms with E-state index in [1.807, 2.05) is 0 Å². The third-order valence-electron chi connectivity index (χ3n) is 1.08. The Balaban J connectivity index is 2.42. The summed E-state index contributed by atoms with van der Waals surface area (Å²) in [5.74, 6) is 1.42. The SMILES string of the molecule is Cn1nnc(CCCCl)n1. The molecule has 0 saturated carbocycles. The van der Waals surface area contributed by atoms with Gasteiger partial charge in [0.2, 0.25) is 0 Å². The first-order chi connectivity index (χ1) is 4.83. The molecule has 0 aliphatic rings. The number of aromatic nitrogens is 4. The lowest BCUT2D eigenvalue weighted by molar-refractivity contribution is 0.627. The number of rotatable bonds is 3. The summed E-state index contributed by atoms with van der Waals surface area (Å²) in [5.41, 5.74) is 0. The Kier molecular flexibility index (Phi) is 2.62. The highest BCUT2D eigenvalue weighted by molar-refractivity contribution is 6.17. The van der Waals surface area contributed by atoms with Gasteiger partial charge in [-0.2, -0.15) is 4.80 Å². The molecule has 0 fully saturated rings. The van der Waals surface area contributed by atoms with E-state index in [0.717, 1.165) is 18.7 Å². The second kappa shape index (κ2) is 3.51. The Bertz CT molecular complexity index is 197. The van der Waals surface area contributed by atoms with Gasteiger partial charge >= 0.3 is 0 Å². The van der Waals surface area contributed by atoms with Crippen LogP contribution in [0.3, 0.4) is 0 Å². The molecule has 0 aliphatic carbocycles. The summed E-state index contributed by atoms with van der Waals surface area (Å²) >= 11 is 5.48. The molecule has 5 heteroatoms. The number of aryl methyl sites for hydroxylation is 2. The molecule has 0 N–H and O–H groups in total. The van der Waals surface area contributed by atoms with Crippen LogP contribution in [-0.2, 0) is 13.5 Å². The Morgan fingerprint density at radius 3 is 2.90 bits per heavy atom. The van der Waals surface area contributed by atoms with Crippen LogP contribution in [0, 0.1) is 0 Å². The van der Waals surface area contributed by atoms with Gasteiger partial charge in [0, 0.05) is 12.3 Å². The summed E-state index contributed by atoms with van der Waals surface area (Å²) in [7, 11) is 1.75. The smallest absolute Gasteiger partial charge is 0.167 e. The zero-order chi connectivity index (χ0) is 7.40. The largest absolute Gasteiger partial charge is 0.174 e. The van der Waals surface area contributed by atoms with Gasteiger partial charge < -0.3 is 0 Å². The van der Waals surface area contributed by atoms with Gasteiger partial charge in [-0.3, -0.25) is 0 Å². The lowest BCUT2D eigenvalue weighted by atomic mass is 10.3. The minimum Gasteiger partial charge on any atom is -0.167 e. The molecule has 1 rings (SSSR count). The number of hydrogen-bond acceptors (Lipinski definition) is 3. The number of hydrogen-bond donors (Lipinski definition) is 0. The van der Waals surface area contributed by atoms with Crippen LogP contribution in [0.15, 0.2) is 0 Å². The van der Waals surface area contributed by atoms with Crippen molar-refractivity contribution in [2.24, 2.45) is 7.05 Å². The third kappa shape index (κ3) is 1.95. The van der Waals surface area contributed by atoms with Crippen LogP contribution in [0.5, 0.6) is 0 Å². The van der Waals surface area contributed by atoms with E-state index in [1.165, 1.54) is 4.80 Å². The normalized spacial score (nSPS) is 10.2. The van der Waals surface area contributed by atoms with E-state index >= 15 is 0 Å². The van der Waals surface area contributed by atoms with E-state index in [-0.39, 0.29) is 0 Å². The maximum Gasteiger partial charge on any atom is 0.174 e. The lowest BCUT2D eigenvalue weighted by Gasteiger charge is -1.86. The molecule has 0 aliphatic heterocycles. The average Bonchev–Trinajstić information content (AvgIpc) is 2.31. The molecule has 0 unspecified atom stereocenters. The summed E-state index contributed by atoms with van der Waals surface area (Å²) in [4.78, 5) is 1.45. The predicted molar refractivity (Wildman–Crippen MR) is 37.8 cm³/mol. The predicted octanol–water partition coefficient (Wildman–Crippen LogP) is 0.381. The van der Waals surface area contributed by atoms with Crippen LogP contribution in [0.1, 0.15) is 12.2 Å². The first-order valence-electron chi connectivity index (χ1n) is 3.12. The highest BCUT2D eigenvalue weighted by atomic mass is 35.5. The van der Waals surface area contributed by atoms with E-state index in [0.29, 0.717) is 5.88 Å². The Morgan fingerprint density at radius 1 is 1.60 bits per heavy atom. The van der Waals surface area contributed by atoms with E-state index in [4.69, 9.17) is 11.6 Å². The molecule has 0 bridgehead atoms. The fourth-order valence-electron chi connectivity index (χ4n) is 0.648. The van der Waals surface area contributed by atoms with Crippen molar-refractivity contribution in [1.29, 1.82) is 0 Å². The molecule has 1 heterocycles. The Morgan fingerprint density at radius 2 is 2.40 bits per heavy atom. The van der Waals surface area contributed by atoms with Crippen LogP contribution in [0.4, 0.5) is 0 Å². The molecular formula is C5H9ClN4. The summed E-state index contributed by atoms with van der Waals surface area (Å²) in [6.07, 6.45) is 1.73. The van der Waals surface area contributed by atoms with Gasteiger partial charge in [-0.15, -0.1) is 21.8 Å². The van der Waals surface area contributed by atoms with Crippen molar-refractivity contribution in [2.75, 3.05) is 5.88 Å². The molecule has 0 saturated heterocycles. The minimum atomic E-state index is 0.651. The van der Waals surface area contributed by atoms with E-state index in [1.54, 1.807) is 7.05 Å². The van der Waals surface area contributed by atoms with Gasteiger partial charge in [-0.05, 0) is 11.6 Å². The number of tetrazole rings is 1. The topological polar surface area (TPSA) is 43.6 Å². The number of nitrogens with zero attached hydrogens (tertiary/aromatic N) is 4. The summed E-state index contributed by atoms with van der Waals surface area (Å²) in [5, 5.41) is 11.5. The molecule has 0 aromatic carbocycles. The summed E-state index contributed by atoms with van der Waals surface area (Å²) in [6, 6.07) is 0. The molecule has 0 atom stereocenters. The zero-order valence-corrected chi connectivity index (χ0v) is 6.54. The van der Waals surface area contributed by atoms with E-state index in [9.17, 15) is 0 Å². The molecule has 10 heavy (non-hydrogen) atoms.